The third-order valence-electron chi connectivity index (χ3n) is 2.48. The summed E-state index contributed by atoms with van der Waals surface area (Å²) in [5, 5.41) is 11.2. The second kappa shape index (κ2) is 5.75. The van der Waals surface area contributed by atoms with Crippen LogP contribution in [0.15, 0.2) is 22.6 Å². The van der Waals surface area contributed by atoms with E-state index in [9.17, 15) is 4.39 Å². The Bertz CT molecular complexity index is 544. The number of rotatable bonds is 4. The van der Waals surface area contributed by atoms with Crippen LogP contribution in [0.25, 0.3) is 11.5 Å². The fourth-order valence-electron chi connectivity index (χ4n) is 1.57. The van der Waals surface area contributed by atoms with Gasteiger partial charge in [0.05, 0.1) is 11.6 Å². The largest absolute Gasteiger partial charge is 0.419 e. The van der Waals surface area contributed by atoms with Gasteiger partial charge < -0.3 is 9.73 Å². The molecule has 1 unspecified atom stereocenters. The van der Waals surface area contributed by atoms with Crippen molar-refractivity contribution in [2.24, 2.45) is 0 Å². The van der Waals surface area contributed by atoms with Crippen molar-refractivity contribution in [2.75, 3.05) is 6.54 Å². The van der Waals surface area contributed by atoms with Gasteiger partial charge in [-0.25, -0.2) is 4.39 Å². The van der Waals surface area contributed by atoms with E-state index in [4.69, 9.17) is 4.42 Å². The van der Waals surface area contributed by atoms with Crippen LogP contribution in [0.1, 0.15) is 25.8 Å². The summed E-state index contributed by atoms with van der Waals surface area (Å²) in [6.45, 7) is 4.79. The molecule has 1 heterocycles. The quantitative estimate of drug-likeness (QED) is 0.851. The average Bonchev–Trinajstić information content (AvgIpc) is 2.78. The first kappa shape index (κ1) is 13.4. The van der Waals surface area contributed by atoms with E-state index in [-0.39, 0.29) is 11.9 Å². The zero-order valence-corrected chi connectivity index (χ0v) is 12.2. The van der Waals surface area contributed by atoms with Gasteiger partial charge in [-0.1, -0.05) is 6.92 Å². The third-order valence-corrected chi connectivity index (χ3v) is 3.38. The van der Waals surface area contributed by atoms with E-state index in [1.54, 1.807) is 6.07 Å². The molecule has 0 amide bonds. The molecule has 1 N–H and O–H groups in total. The highest BCUT2D eigenvalue weighted by atomic mass is 127. The van der Waals surface area contributed by atoms with Crippen LogP contribution in [0.3, 0.4) is 0 Å². The van der Waals surface area contributed by atoms with Gasteiger partial charge in [0.25, 0.3) is 0 Å². The van der Waals surface area contributed by atoms with E-state index >= 15 is 0 Å². The second-order valence-corrected chi connectivity index (χ2v) is 5.01. The van der Waals surface area contributed by atoms with Gasteiger partial charge in [-0.2, -0.15) is 0 Å². The Kier molecular flexibility index (Phi) is 4.28. The van der Waals surface area contributed by atoms with Crippen LogP contribution < -0.4 is 5.32 Å². The van der Waals surface area contributed by atoms with Crippen molar-refractivity contribution in [3.8, 4) is 11.5 Å². The molecule has 0 aliphatic heterocycles. The minimum atomic E-state index is -0.274. The van der Waals surface area contributed by atoms with Crippen molar-refractivity contribution >= 4 is 22.6 Å². The Balaban J connectivity index is 2.29. The minimum Gasteiger partial charge on any atom is -0.419 e. The molecule has 0 spiro atoms. The number of aromatic nitrogens is 2. The average molecular weight is 361 g/mol. The lowest BCUT2D eigenvalue weighted by Crippen LogP contribution is -2.17. The Labute approximate surface area is 118 Å². The van der Waals surface area contributed by atoms with Crippen LogP contribution in [-0.4, -0.2) is 16.7 Å². The van der Waals surface area contributed by atoms with Gasteiger partial charge in [-0.3, -0.25) is 0 Å². The van der Waals surface area contributed by atoms with E-state index in [2.05, 4.69) is 15.5 Å². The fraction of sp³-hybridized carbons (Fsp3) is 0.333. The first-order valence-electron chi connectivity index (χ1n) is 5.64. The molecule has 1 atom stereocenters. The predicted molar refractivity (Wildman–Crippen MR) is 74.5 cm³/mol. The van der Waals surface area contributed by atoms with Crippen molar-refractivity contribution in [1.29, 1.82) is 0 Å². The molecule has 0 aliphatic rings. The van der Waals surface area contributed by atoms with Gasteiger partial charge in [0.2, 0.25) is 11.8 Å². The van der Waals surface area contributed by atoms with Crippen molar-refractivity contribution in [2.45, 2.75) is 19.9 Å². The molecule has 4 nitrogen and oxygen atoms in total. The lowest BCUT2D eigenvalue weighted by molar-refractivity contribution is 0.429. The summed E-state index contributed by atoms with van der Waals surface area (Å²) in [6, 6.07) is 4.48. The van der Waals surface area contributed by atoms with Crippen LogP contribution in [0.4, 0.5) is 4.39 Å². The molecule has 1 aromatic heterocycles. The first-order chi connectivity index (χ1) is 8.61. The molecule has 0 saturated heterocycles. The van der Waals surface area contributed by atoms with E-state index in [1.807, 2.05) is 36.4 Å². The van der Waals surface area contributed by atoms with Crippen molar-refractivity contribution < 1.29 is 8.81 Å². The Morgan fingerprint density at radius 2 is 2.22 bits per heavy atom. The minimum absolute atomic E-state index is 0.00867. The highest BCUT2D eigenvalue weighted by Crippen LogP contribution is 2.26. The van der Waals surface area contributed by atoms with Crippen LogP contribution in [-0.2, 0) is 0 Å². The topological polar surface area (TPSA) is 51.0 Å². The predicted octanol–water partition coefficient (Wildman–Crippen LogP) is 3.15. The smallest absolute Gasteiger partial charge is 0.248 e. The maximum absolute atomic E-state index is 13.0. The number of hydrogen-bond donors (Lipinski definition) is 1. The van der Waals surface area contributed by atoms with E-state index in [0.29, 0.717) is 11.8 Å². The fourth-order valence-corrected chi connectivity index (χ4v) is 2.28. The SMILES string of the molecule is CCNC(C)c1nnc(-c2ccc(F)cc2I)o1. The third kappa shape index (κ3) is 2.86. The van der Waals surface area contributed by atoms with Crippen LogP contribution in [0.5, 0.6) is 0 Å². The highest BCUT2D eigenvalue weighted by Gasteiger charge is 2.15. The number of hydrogen-bond acceptors (Lipinski definition) is 4. The standard InChI is InChI=1S/C12H13FIN3O/c1-3-15-7(2)11-16-17-12(18-11)9-5-4-8(13)6-10(9)14/h4-7,15H,3H2,1-2H3. The summed E-state index contributed by atoms with van der Waals surface area (Å²) in [5.41, 5.74) is 0.749. The molecule has 2 rings (SSSR count). The van der Waals surface area contributed by atoms with Crippen LogP contribution in [0, 0.1) is 9.39 Å². The van der Waals surface area contributed by atoms with Gasteiger partial charge in [-0.15, -0.1) is 10.2 Å². The normalized spacial score (nSPS) is 12.7. The maximum Gasteiger partial charge on any atom is 0.248 e. The molecular weight excluding hydrogens is 348 g/mol. The summed E-state index contributed by atoms with van der Waals surface area (Å²) in [6.07, 6.45) is 0. The van der Waals surface area contributed by atoms with Crippen LogP contribution in [0.2, 0.25) is 0 Å². The van der Waals surface area contributed by atoms with Gasteiger partial charge in [0.15, 0.2) is 0 Å². The summed E-state index contributed by atoms with van der Waals surface area (Å²) in [7, 11) is 0. The molecule has 0 saturated carbocycles. The van der Waals surface area contributed by atoms with Gasteiger partial charge >= 0.3 is 0 Å². The second-order valence-electron chi connectivity index (χ2n) is 3.85. The number of halogens is 2. The van der Waals surface area contributed by atoms with E-state index in [0.717, 1.165) is 15.7 Å². The zero-order valence-electron chi connectivity index (χ0n) is 10.1. The Morgan fingerprint density at radius 3 is 2.89 bits per heavy atom. The summed E-state index contributed by atoms with van der Waals surface area (Å²) in [4.78, 5) is 0. The first-order valence-corrected chi connectivity index (χ1v) is 6.72. The van der Waals surface area contributed by atoms with Crippen molar-refractivity contribution in [1.82, 2.24) is 15.5 Å². The molecule has 0 fully saturated rings. The Hall–Kier alpha value is -1.02. The van der Waals surface area contributed by atoms with E-state index in [1.165, 1.54) is 12.1 Å². The lowest BCUT2D eigenvalue weighted by atomic mass is 10.2. The van der Waals surface area contributed by atoms with Crippen molar-refractivity contribution in [3.05, 3.63) is 33.5 Å². The molecule has 0 bridgehead atoms. The molecule has 1 aromatic carbocycles. The number of nitrogens with one attached hydrogen (secondary N) is 1. The Morgan fingerprint density at radius 1 is 1.44 bits per heavy atom. The number of benzene rings is 1. The lowest BCUT2D eigenvalue weighted by Gasteiger charge is -2.05. The summed E-state index contributed by atoms with van der Waals surface area (Å²) >= 11 is 2.05. The number of nitrogens with zero attached hydrogens (tertiary/aromatic N) is 2. The molecule has 6 heteroatoms. The molecule has 18 heavy (non-hydrogen) atoms. The van der Waals surface area contributed by atoms with Gasteiger partial charge in [-0.05, 0) is 54.3 Å². The van der Waals surface area contributed by atoms with Gasteiger partial charge in [0, 0.05) is 3.57 Å². The van der Waals surface area contributed by atoms with Gasteiger partial charge in [0.1, 0.15) is 5.82 Å². The molecule has 0 radical (unpaired) electrons. The monoisotopic (exact) mass is 361 g/mol. The van der Waals surface area contributed by atoms with Crippen LogP contribution >= 0.6 is 22.6 Å². The zero-order chi connectivity index (χ0) is 13.1. The molecular formula is C12H13FIN3O. The molecule has 96 valence electrons. The summed E-state index contributed by atoms with van der Waals surface area (Å²) < 4.78 is 19.4. The molecule has 0 aliphatic carbocycles. The highest BCUT2D eigenvalue weighted by molar-refractivity contribution is 14.1. The summed E-state index contributed by atoms with van der Waals surface area (Å²) in [5.74, 6) is 0.676. The maximum atomic E-state index is 13.0. The van der Waals surface area contributed by atoms with E-state index < -0.39 is 0 Å². The van der Waals surface area contributed by atoms with Crippen molar-refractivity contribution in [3.63, 3.8) is 0 Å². The molecule has 2 aromatic rings.